The van der Waals surface area contributed by atoms with E-state index >= 15 is 0 Å². The van der Waals surface area contributed by atoms with Crippen LogP contribution in [0.25, 0.3) is 0 Å². The fourth-order valence-electron chi connectivity index (χ4n) is 1.49. The Hall–Kier alpha value is -1.82. The first kappa shape index (κ1) is 12.6. The number of thiophene rings is 1. The smallest absolute Gasteiger partial charge is 0.223 e. The van der Waals surface area contributed by atoms with Gasteiger partial charge in [0.2, 0.25) is 5.95 Å². The van der Waals surface area contributed by atoms with E-state index in [1.54, 1.807) is 11.3 Å². The second-order valence-corrected chi connectivity index (χ2v) is 4.89. The molecule has 0 unspecified atom stereocenters. The van der Waals surface area contributed by atoms with Crippen molar-refractivity contribution in [1.29, 1.82) is 0 Å². The van der Waals surface area contributed by atoms with E-state index in [1.165, 1.54) is 4.88 Å². The molecule has 0 atom stereocenters. The molecule has 2 rings (SSSR count). The van der Waals surface area contributed by atoms with Crippen LogP contribution in [0.2, 0.25) is 0 Å². The van der Waals surface area contributed by atoms with Crippen LogP contribution in [0, 0.1) is 0 Å². The first-order valence-corrected chi connectivity index (χ1v) is 6.80. The molecule has 96 valence electrons. The zero-order valence-electron chi connectivity index (χ0n) is 10.3. The predicted molar refractivity (Wildman–Crippen MR) is 76.9 cm³/mol. The molecule has 0 aromatic carbocycles. The average molecular weight is 263 g/mol. The van der Waals surface area contributed by atoms with Crippen LogP contribution in [-0.2, 0) is 6.54 Å². The molecule has 0 fully saturated rings. The normalized spacial score (nSPS) is 10.3. The number of rotatable bonds is 6. The summed E-state index contributed by atoms with van der Waals surface area (Å²) in [4.78, 5) is 9.56. The number of aromatic nitrogens is 2. The number of anilines is 3. The molecular formula is C12H17N5S. The maximum absolute atomic E-state index is 5.68. The van der Waals surface area contributed by atoms with Gasteiger partial charge in [0, 0.05) is 17.5 Å². The van der Waals surface area contributed by atoms with Crippen molar-refractivity contribution in [3.05, 3.63) is 28.5 Å². The van der Waals surface area contributed by atoms with Gasteiger partial charge in [0.15, 0.2) is 0 Å². The van der Waals surface area contributed by atoms with E-state index in [4.69, 9.17) is 5.73 Å². The van der Waals surface area contributed by atoms with Crippen molar-refractivity contribution in [1.82, 2.24) is 9.97 Å². The van der Waals surface area contributed by atoms with Crippen LogP contribution in [0.3, 0.4) is 0 Å². The largest absolute Gasteiger partial charge is 0.370 e. The Morgan fingerprint density at radius 2 is 2.06 bits per heavy atom. The highest BCUT2D eigenvalue weighted by molar-refractivity contribution is 7.09. The number of nitrogen functional groups attached to an aromatic ring is 1. The fraction of sp³-hybridized carbons (Fsp3) is 0.333. The second-order valence-electron chi connectivity index (χ2n) is 3.86. The van der Waals surface area contributed by atoms with Crippen molar-refractivity contribution in [2.75, 3.05) is 22.9 Å². The highest BCUT2D eigenvalue weighted by atomic mass is 32.1. The third-order valence-corrected chi connectivity index (χ3v) is 3.20. The Balaban J connectivity index is 2.00. The Labute approximate surface area is 110 Å². The van der Waals surface area contributed by atoms with E-state index < -0.39 is 0 Å². The minimum absolute atomic E-state index is 0.282. The van der Waals surface area contributed by atoms with Crippen LogP contribution < -0.4 is 16.4 Å². The van der Waals surface area contributed by atoms with Crippen molar-refractivity contribution in [3.63, 3.8) is 0 Å². The van der Waals surface area contributed by atoms with Gasteiger partial charge < -0.3 is 16.4 Å². The predicted octanol–water partition coefficient (Wildman–Crippen LogP) is 2.55. The van der Waals surface area contributed by atoms with Gasteiger partial charge in [0.1, 0.15) is 11.6 Å². The third-order valence-electron chi connectivity index (χ3n) is 2.32. The van der Waals surface area contributed by atoms with Crippen LogP contribution in [0.1, 0.15) is 18.2 Å². The molecule has 0 aliphatic heterocycles. The highest BCUT2D eigenvalue weighted by Gasteiger charge is 2.02. The van der Waals surface area contributed by atoms with Crippen molar-refractivity contribution in [3.8, 4) is 0 Å². The van der Waals surface area contributed by atoms with E-state index in [1.807, 2.05) is 12.1 Å². The fourth-order valence-corrected chi connectivity index (χ4v) is 2.14. The van der Waals surface area contributed by atoms with E-state index in [0.717, 1.165) is 31.1 Å². The number of nitrogens with zero attached hydrogens (tertiary/aromatic N) is 2. The van der Waals surface area contributed by atoms with Gasteiger partial charge in [-0.05, 0) is 17.9 Å². The molecule has 0 radical (unpaired) electrons. The lowest BCUT2D eigenvalue weighted by Crippen LogP contribution is -2.08. The number of hydrogen-bond donors (Lipinski definition) is 3. The first-order valence-electron chi connectivity index (χ1n) is 5.92. The number of hydrogen-bond acceptors (Lipinski definition) is 6. The maximum Gasteiger partial charge on any atom is 0.223 e. The Morgan fingerprint density at radius 1 is 1.28 bits per heavy atom. The number of nitrogens with one attached hydrogen (secondary N) is 2. The van der Waals surface area contributed by atoms with Gasteiger partial charge in [-0.2, -0.15) is 9.97 Å². The molecule has 0 bridgehead atoms. The highest BCUT2D eigenvalue weighted by Crippen LogP contribution is 2.15. The maximum atomic E-state index is 5.68. The third kappa shape index (κ3) is 3.59. The minimum atomic E-state index is 0.282. The zero-order valence-corrected chi connectivity index (χ0v) is 11.1. The summed E-state index contributed by atoms with van der Waals surface area (Å²) in [7, 11) is 0. The van der Waals surface area contributed by atoms with Gasteiger partial charge in [-0.1, -0.05) is 13.0 Å². The summed E-state index contributed by atoms with van der Waals surface area (Å²) in [6, 6.07) is 5.99. The average Bonchev–Trinajstić information content (AvgIpc) is 2.86. The van der Waals surface area contributed by atoms with Crippen LogP contribution in [0.4, 0.5) is 17.6 Å². The van der Waals surface area contributed by atoms with Crippen LogP contribution in [0.15, 0.2) is 23.6 Å². The van der Waals surface area contributed by atoms with Gasteiger partial charge in [0.05, 0.1) is 6.54 Å². The van der Waals surface area contributed by atoms with Crippen molar-refractivity contribution in [2.24, 2.45) is 0 Å². The molecule has 0 amide bonds. The summed E-state index contributed by atoms with van der Waals surface area (Å²) < 4.78 is 0. The summed E-state index contributed by atoms with van der Waals surface area (Å²) in [6.07, 6.45) is 1.04. The van der Waals surface area contributed by atoms with E-state index in [-0.39, 0.29) is 5.95 Å². The molecule has 18 heavy (non-hydrogen) atoms. The summed E-state index contributed by atoms with van der Waals surface area (Å²) in [5.74, 6) is 1.79. The Kier molecular flexibility index (Phi) is 4.35. The molecule has 2 heterocycles. The lowest BCUT2D eigenvalue weighted by atomic mass is 10.4. The van der Waals surface area contributed by atoms with Crippen LogP contribution in [-0.4, -0.2) is 16.5 Å². The molecule has 0 spiro atoms. The lowest BCUT2D eigenvalue weighted by Gasteiger charge is -2.08. The van der Waals surface area contributed by atoms with Gasteiger partial charge in [-0.15, -0.1) is 11.3 Å². The van der Waals surface area contributed by atoms with Gasteiger partial charge in [-0.25, -0.2) is 0 Å². The Morgan fingerprint density at radius 3 is 2.72 bits per heavy atom. The quantitative estimate of drug-likeness (QED) is 0.746. The molecule has 4 N–H and O–H groups in total. The molecule has 0 aliphatic carbocycles. The summed E-state index contributed by atoms with van der Waals surface area (Å²) in [5, 5.41) is 8.50. The topological polar surface area (TPSA) is 75.9 Å². The van der Waals surface area contributed by atoms with Crippen molar-refractivity contribution >= 4 is 28.9 Å². The Bertz CT molecular complexity index is 483. The van der Waals surface area contributed by atoms with Crippen LogP contribution in [0.5, 0.6) is 0 Å². The van der Waals surface area contributed by atoms with E-state index in [9.17, 15) is 0 Å². The zero-order chi connectivity index (χ0) is 12.8. The molecule has 2 aromatic heterocycles. The van der Waals surface area contributed by atoms with Gasteiger partial charge in [-0.3, -0.25) is 0 Å². The SMILES string of the molecule is CCCNc1cc(NCc2cccs2)nc(N)n1. The molecule has 0 saturated carbocycles. The standard InChI is InChI=1S/C12H17N5S/c1-2-5-14-10-7-11(17-12(13)16-10)15-8-9-4-3-6-18-9/h3-4,6-7H,2,5,8H2,1H3,(H4,13,14,15,16,17). The molecule has 0 aliphatic rings. The molecule has 5 nitrogen and oxygen atoms in total. The van der Waals surface area contributed by atoms with Crippen molar-refractivity contribution < 1.29 is 0 Å². The molecule has 0 saturated heterocycles. The van der Waals surface area contributed by atoms with Crippen molar-refractivity contribution in [2.45, 2.75) is 19.9 Å². The monoisotopic (exact) mass is 263 g/mol. The van der Waals surface area contributed by atoms with E-state index in [0.29, 0.717) is 0 Å². The van der Waals surface area contributed by atoms with Gasteiger partial charge in [0.25, 0.3) is 0 Å². The lowest BCUT2D eigenvalue weighted by molar-refractivity contribution is 0.965. The summed E-state index contributed by atoms with van der Waals surface area (Å²) in [5.41, 5.74) is 5.68. The second kappa shape index (κ2) is 6.20. The first-order chi connectivity index (χ1) is 8.78. The minimum Gasteiger partial charge on any atom is -0.370 e. The number of nitrogens with two attached hydrogens (primary N) is 1. The van der Waals surface area contributed by atoms with E-state index in [2.05, 4.69) is 39.0 Å². The molecule has 2 aromatic rings. The summed E-state index contributed by atoms with van der Waals surface area (Å²) >= 11 is 1.71. The molecule has 6 heteroatoms. The summed E-state index contributed by atoms with van der Waals surface area (Å²) in [6.45, 7) is 3.73. The van der Waals surface area contributed by atoms with Crippen LogP contribution >= 0.6 is 11.3 Å². The van der Waals surface area contributed by atoms with Gasteiger partial charge >= 0.3 is 0 Å². The molecular weight excluding hydrogens is 246 g/mol.